The van der Waals surface area contributed by atoms with E-state index in [4.69, 9.17) is 0 Å². The summed E-state index contributed by atoms with van der Waals surface area (Å²) in [5.74, 6) is -0.634. The van der Waals surface area contributed by atoms with E-state index < -0.39 is 10.7 Å². The van der Waals surface area contributed by atoms with Crippen LogP contribution in [0.2, 0.25) is 0 Å². The zero-order valence-electron chi connectivity index (χ0n) is 8.25. The lowest BCUT2D eigenvalue weighted by Crippen LogP contribution is -2.12. The SMILES string of the molecule is CC(C)Nc1c(F)cc(Br)cc1[N+](=O)[O-]. The van der Waals surface area contributed by atoms with E-state index in [1.54, 1.807) is 13.8 Å². The summed E-state index contributed by atoms with van der Waals surface area (Å²) >= 11 is 3.01. The molecule has 0 spiro atoms. The quantitative estimate of drug-likeness (QED) is 0.681. The minimum absolute atomic E-state index is 0.0700. The van der Waals surface area contributed by atoms with E-state index in [-0.39, 0.29) is 17.4 Å². The molecule has 1 aromatic carbocycles. The lowest BCUT2D eigenvalue weighted by molar-refractivity contribution is -0.384. The summed E-state index contributed by atoms with van der Waals surface area (Å²) < 4.78 is 13.8. The van der Waals surface area contributed by atoms with E-state index in [1.807, 2.05) is 0 Å². The molecule has 0 radical (unpaired) electrons. The van der Waals surface area contributed by atoms with Crippen molar-refractivity contribution in [3.8, 4) is 0 Å². The van der Waals surface area contributed by atoms with E-state index in [0.717, 1.165) is 0 Å². The normalized spacial score (nSPS) is 10.5. The molecule has 0 fully saturated rings. The first-order valence-electron chi connectivity index (χ1n) is 4.31. The van der Waals surface area contributed by atoms with Crippen LogP contribution in [0.15, 0.2) is 16.6 Å². The first-order chi connectivity index (χ1) is 6.91. The van der Waals surface area contributed by atoms with Crippen LogP contribution in [0.25, 0.3) is 0 Å². The van der Waals surface area contributed by atoms with Crippen molar-refractivity contribution < 1.29 is 9.31 Å². The Labute approximate surface area is 94.8 Å². The number of hydrogen-bond donors (Lipinski definition) is 1. The average molecular weight is 277 g/mol. The highest BCUT2D eigenvalue weighted by Gasteiger charge is 2.19. The molecule has 4 nitrogen and oxygen atoms in total. The molecule has 0 aliphatic rings. The van der Waals surface area contributed by atoms with Gasteiger partial charge in [0.25, 0.3) is 5.69 Å². The molecule has 0 aromatic heterocycles. The van der Waals surface area contributed by atoms with Crippen molar-refractivity contribution in [3.05, 3.63) is 32.5 Å². The van der Waals surface area contributed by atoms with Crippen LogP contribution in [0.5, 0.6) is 0 Å². The van der Waals surface area contributed by atoms with E-state index in [9.17, 15) is 14.5 Å². The van der Waals surface area contributed by atoms with Gasteiger partial charge in [-0.3, -0.25) is 10.1 Å². The molecule has 0 heterocycles. The van der Waals surface area contributed by atoms with E-state index in [1.165, 1.54) is 12.1 Å². The Morgan fingerprint density at radius 1 is 1.53 bits per heavy atom. The molecule has 1 N–H and O–H groups in total. The van der Waals surface area contributed by atoms with Gasteiger partial charge in [-0.1, -0.05) is 15.9 Å². The number of nitrogens with one attached hydrogen (secondary N) is 1. The van der Waals surface area contributed by atoms with Gasteiger partial charge in [0.15, 0.2) is 5.82 Å². The molecule has 0 atom stereocenters. The standard InChI is InChI=1S/C9H10BrFN2O2/c1-5(2)12-9-7(11)3-6(10)4-8(9)13(14)15/h3-5,12H,1-2H3. The highest BCUT2D eigenvalue weighted by molar-refractivity contribution is 9.10. The van der Waals surface area contributed by atoms with Crippen molar-refractivity contribution in [2.75, 3.05) is 5.32 Å². The number of rotatable bonds is 3. The number of halogens is 2. The third-order valence-electron chi connectivity index (χ3n) is 1.66. The van der Waals surface area contributed by atoms with Crippen LogP contribution in [0, 0.1) is 15.9 Å². The Morgan fingerprint density at radius 3 is 2.60 bits per heavy atom. The van der Waals surface area contributed by atoms with Crippen molar-refractivity contribution >= 4 is 27.3 Å². The van der Waals surface area contributed by atoms with Crippen LogP contribution < -0.4 is 5.32 Å². The summed E-state index contributed by atoms with van der Waals surface area (Å²) in [5, 5.41) is 13.4. The fraction of sp³-hybridized carbons (Fsp3) is 0.333. The van der Waals surface area contributed by atoms with Gasteiger partial charge in [0.2, 0.25) is 0 Å². The Balaban J connectivity index is 3.27. The molecule has 0 amide bonds. The maximum atomic E-state index is 13.4. The third kappa shape index (κ3) is 2.89. The molecule has 82 valence electrons. The smallest absolute Gasteiger partial charge is 0.296 e. The van der Waals surface area contributed by atoms with Crippen molar-refractivity contribution in [2.45, 2.75) is 19.9 Å². The monoisotopic (exact) mass is 276 g/mol. The molecule has 0 saturated heterocycles. The molecular weight excluding hydrogens is 267 g/mol. The molecule has 0 saturated carbocycles. The summed E-state index contributed by atoms with van der Waals surface area (Å²) in [6, 6.07) is 2.39. The summed E-state index contributed by atoms with van der Waals surface area (Å²) in [5.41, 5.74) is -0.339. The second kappa shape index (κ2) is 4.57. The predicted octanol–water partition coefficient (Wildman–Crippen LogP) is 3.32. The Hall–Kier alpha value is -1.17. The fourth-order valence-corrected chi connectivity index (χ4v) is 1.55. The molecule has 0 aliphatic heterocycles. The topological polar surface area (TPSA) is 55.2 Å². The molecule has 0 aliphatic carbocycles. The number of hydrogen-bond acceptors (Lipinski definition) is 3. The van der Waals surface area contributed by atoms with Crippen LogP contribution >= 0.6 is 15.9 Å². The van der Waals surface area contributed by atoms with E-state index >= 15 is 0 Å². The Bertz CT molecular complexity index is 396. The molecule has 0 unspecified atom stereocenters. The van der Waals surface area contributed by atoms with Crippen molar-refractivity contribution in [1.82, 2.24) is 0 Å². The van der Waals surface area contributed by atoms with Gasteiger partial charge in [0.05, 0.1) is 4.92 Å². The van der Waals surface area contributed by atoms with Crippen molar-refractivity contribution in [3.63, 3.8) is 0 Å². The molecule has 0 bridgehead atoms. The van der Waals surface area contributed by atoms with Crippen molar-refractivity contribution in [1.29, 1.82) is 0 Å². The number of nitro benzene ring substituents is 1. The van der Waals surface area contributed by atoms with E-state index in [2.05, 4.69) is 21.2 Å². The molecular formula is C9H10BrFN2O2. The van der Waals surface area contributed by atoms with Crippen LogP contribution in [-0.4, -0.2) is 11.0 Å². The van der Waals surface area contributed by atoms with Gasteiger partial charge >= 0.3 is 0 Å². The minimum atomic E-state index is -0.634. The average Bonchev–Trinajstić information content (AvgIpc) is 2.08. The van der Waals surface area contributed by atoms with Crippen LogP contribution in [0.4, 0.5) is 15.8 Å². The van der Waals surface area contributed by atoms with Crippen molar-refractivity contribution in [2.24, 2.45) is 0 Å². The number of nitrogens with zero attached hydrogens (tertiary/aromatic N) is 1. The first kappa shape index (κ1) is 11.9. The first-order valence-corrected chi connectivity index (χ1v) is 5.11. The summed E-state index contributed by atoms with van der Waals surface area (Å²) in [6.45, 7) is 3.57. The van der Waals surface area contributed by atoms with Crippen LogP contribution in [0.3, 0.4) is 0 Å². The van der Waals surface area contributed by atoms with E-state index in [0.29, 0.717) is 4.47 Å². The second-order valence-electron chi connectivity index (χ2n) is 3.34. The molecule has 15 heavy (non-hydrogen) atoms. The maximum Gasteiger partial charge on any atom is 0.296 e. The van der Waals surface area contributed by atoms with Gasteiger partial charge in [0, 0.05) is 16.6 Å². The van der Waals surface area contributed by atoms with Gasteiger partial charge in [-0.15, -0.1) is 0 Å². The zero-order valence-corrected chi connectivity index (χ0v) is 9.84. The number of benzene rings is 1. The fourth-order valence-electron chi connectivity index (χ4n) is 1.14. The lowest BCUT2D eigenvalue weighted by Gasteiger charge is -2.11. The van der Waals surface area contributed by atoms with Crippen LogP contribution in [-0.2, 0) is 0 Å². The third-order valence-corrected chi connectivity index (χ3v) is 2.12. The molecule has 1 aromatic rings. The summed E-state index contributed by atoms with van der Waals surface area (Å²) in [7, 11) is 0. The number of anilines is 1. The van der Waals surface area contributed by atoms with Crippen LogP contribution in [0.1, 0.15) is 13.8 Å². The van der Waals surface area contributed by atoms with Gasteiger partial charge in [-0.25, -0.2) is 4.39 Å². The lowest BCUT2D eigenvalue weighted by atomic mass is 10.2. The second-order valence-corrected chi connectivity index (χ2v) is 4.25. The highest BCUT2D eigenvalue weighted by atomic mass is 79.9. The Kier molecular flexibility index (Phi) is 3.62. The maximum absolute atomic E-state index is 13.4. The minimum Gasteiger partial charge on any atom is -0.375 e. The van der Waals surface area contributed by atoms with Gasteiger partial charge in [-0.05, 0) is 19.9 Å². The molecule has 1 rings (SSSR count). The van der Waals surface area contributed by atoms with Gasteiger partial charge in [0.1, 0.15) is 5.69 Å². The van der Waals surface area contributed by atoms with Gasteiger partial charge < -0.3 is 5.32 Å². The largest absolute Gasteiger partial charge is 0.375 e. The molecule has 6 heteroatoms. The summed E-state index contributed by atoms with van der Waals surface area (Å²) in [4.78, 5) is 10.1. The predicted molar refractivity (Wildman–Crippen MR) is 59.5 cm³/mol. The zero-order chi connectivity index (χ0) is 11.6. The highest BCUT2D eigenvalue weighted by Crippen LogP contribution is 2.31. The Morgan fingerprint density at radius 2 is 2.13 bits per heavy atom. The van der Waals surface area contributed by atoms with Gasteiger partial charge in [-0.2, -0.15) is 0 Å². The summed E-state index contributed by atoms with van der Waals surface area (Å²) in [6.07, 6.45) is 0. The number of nitro groups is 1.